The lowest BCUT2D eigenvalue weighted by atomic mass is 10.2. The lowest BCUT2D eigenvalue weighted by molar-refractivity contribution is -0.137. The van der Waals surface area contributed by atoms with Crippen molar-refractivity contribution in [3.8, 4) is 5.75 Å². The highest BCUT2D eigenvalue weighted by atomic mass is 35.5. The molecule has 2 aromatic rings. The van der Waals surface area contributed by atoms with Gasteiger partial charge in [-0.05, 0) is 54.7 Å². The summed E-state index contributed by atoms with van der Waals surface area (Å²) in [6, 6.07) is 10.4. The third kappa shape index (κ3) is 4.74. The Bertz CT molecular complexity index is 705. The quantitative estimate of drug-likeness (QED) is 0.739. The van der Waals surface area contributed by atoms with E-state index in [-0.39, 0.29) is 15.8 Å². The van der Waals surface area contributed by atoms with E-state index in [1.54, 1.807) is 31.4 Å². The number of methoxy groups -OCH3 is 1. The van der Waals surface area contributed by atoms with Gasteiger partial charge in [-0.15, -0.1) is 0 Å². The normalized spacial score (nSPS) is 11.0. The van der Waals surface area contributed by atoms with Crippen LogP contribution in [0.25, 0.3) is 0 Å². The van der Waals surface area contributed by atoms with Crippen molar-refractivity contribution in [1.29, 1.82) is 0 Å². The van der Waals surface area contributed by atoms with Crippen molar-refractivity contribution < 1.29 is 17.9 Å². The Labute approximate surface area is 141 Å². The molecule has 0 atom stereocenters. The molecule has 3 nitrogen and oxygen atoms in total. The van der Waals surface area contributed by atoms with E-state index < -0.39 is 11.7 Å². The van der Waals surface area contributed by atoms with Crippen LogP contribution >= 0.6 is 23.8 Å². The van der Waals surface area contributed by atoms with Crippen LogP contribution in [0.3, 0.4) is 0 Å². The number of hydrogen-bond donors (Lipinski definition) is 2. The molecule has 8 heteroatoms. The van der Waals surface area contributed by atoms with Crippen LogP contribution in [0.1, 0.15) is 5.56 Å². The molecule has 2 N–H and O–H groups in total. The monoisotopic (exact) mass is 360 g/mol. The summed E-state index contributed by atoms with van der Waals surface area (Å²) in [5, 5.41) is 5.35. The lowest BCUT2D eigenvalue weighted by Crippen LogP contribution is -2.19. The minimum absolute atomic E-state index is 0.158. The molecule has 23 heavy (non-hydrogen) atoms. The fourth-order valence-electron chi connectivity index (χ4n) is 1.79. The molecule has 0 saturated heterocycles. The van der Waals surface area contributed by atoms with Crippen LogP contribution in [-0.2, 0) is 6.18 Å². The Morgan fingerprint density at radius 2 is 1.61 bits per heavy atom. The van der Waals surface area contributed by atoms with E-state index in [0.29, 0.717) is 11.4 Å². The Morgan fingerprint density at radius 3 is 2.17 bits per heavy atom. The van der Waals surface area contributed by atoms with Gasteiger partial charge in [0.1, 0.15) is 5.75 Å². The number of rotatable bonds is 3. The second kappa shape index (κ2) is 7.06. The van der Waals surface area contributed by atoms with Crippen LogP contribution < -0.4 is 15.4 Å². The first-order valence-electron chi connectivity index (χ1n) is 6.38. The molecule has 0 unspecified atom stereocenters. The summed E-state index contributed by atoms with van der Waals surface area (Å²) in [6.07, 6.45) is -4.53. The van der Waals surface area contributed by atoms with Gasteiger partial charge in [0, 0.05) is 11.4 Å². The van der Waals surface area contributed by atoms with Crippen LogP contribution in [0.15, 0.2) is 42.5 Å². The molecule has 122 valence electrons. The van der Waals surface area contributed by atoms with Crippen LogP contribution in [-0.4, -0.2) is 12.2 Å². The first kappa shape index (κ1) is 17.4. The number of nitrogens with one attached hydrogen (secondary N) is 2. The molecule has 0 aromatic heterocycles. The molecular formula is C15H12ClF3N2OS. The van der Waals surface area contributed by atoms with Gasteiger partial charge in [-0.3, -0.25) is 0 Å². The van der Waals surface area contributed by atoms with Gasteiger partial charge in [-0.2, -0.15) is 13.2 Å². The number of halogens is 4. The number of hydrogen-bond acceptors (Lipinski definition) is 2. The Morgan fingerprint density at radius 1 is 1.04 bits per heavy atom. The molecule has 0 spiro atoms. The average molecular weight is 361 g/mol. The molecule has 0 bridgehead atoms. The van der Waals surface area contributed by atoms with E-state index in [9.17, 15) is 13.2 Å². The molecule has 2 rings (SSSR count). The van der Waals surface area contributed by atoms with E-state index >= 15 is 0 Å². The zero-order valence-electron chi connectivity index (χ0n) is 11.9. The molecule has 0 heterocycles. The van der Waals surface area contributed by atoms with Crippen LogP contribution in [0.4, 0.5) is 24.5 Å². The van der Waals surface area contributed by atoms with Gasteiger partial charge in [0.2, 0.25) is 0 Å². The van der Waals surface area contributed by atoms with Crippen LogP contribution in [0.5, 0.6) is 5.75 Å². The minimum atomic E-state index is -4.53. The fourth-order valence-corrected chi connectivity index (χ4v) is 2.25. The van der Waals surface area contributed by atoms with Crippen molar-refractivity contribution in [3.05, 3.63) is 53.1 Å². The molecule has 0 amide bonds. The highest BCUT2D eigenvalue weighted by Gasteiger charge is 2.33. The third-order valence-corrected chi connectivity index (χ3v) is 3.41. The number of alkyl halides is 3. The Balaban J connectivity index is 2.08. The van der Waals surface area contributed by atoms with Gasteiger partial charge in [0.05, 0.1) is 17.7 Å². The van der Waals surface area contributed by atoms with E-state index in [1.807, 2.05) is 0 Å². The summed E-state index contributed by atoms with van der Waals surface area (Å²) in [7, 11) is 1.55. The van der Waals surface area contributed by atoms with Crippen LogP contribution in [0.2, 0.25) is 5.02 Å². The maximum absolute atomic E-state index is 12.8. The van der Waals surface area contributed by atoms with Crippen molar-refractivity contribution in [2.45, 2.75) is 6.18 Å². The van der Waals surface area contributed by atoms with Crippen molar-refractivity contribution in [2.75, 3.05) is 17.7 Å². The largest absolute Gasteiger partial charge is 0.497 e. The highest BCUT2D eigenvalue weighted by molar-refractivity contribution is 7.80. The Hall–Kier alpha value is -1.99. The standard InChI is InChI=1S/C15H12ClF3N2OS/c1-22-11-5-2-9(3-6-11)20-14(23)21-10-4-7-13(16)12(8-10)15(17,18)19/h2-8H,1H3,(H2,20,21,23). The molecule has 0 aliphatic carbocycles. The predicted octanol–water partition coefficient (Wildman–Crippen LogP) is 5.18. The molecule has 0 fully saturated rings. The van der Waals surface area contributed by atoms with Crippen molar-refractivity contribution in [3.63, 3.8) is 0 Å². The van der Waals surface area contributed by atoms with Gasteiger partial charge >= 0.3 is 6.18 Å². The topological polar surface area (TPSA) is 33.3 Å². The van der Waals surface area contributed by atoms with E-state index in [2.05, 4.69) is 10.6 Å². The summed E-state index contributed by atoms with van der Waals surface area (Å²) in [6.45, 7) is 0. The molecule has 0 aliphatic heterocycles. The summed E-state index contributed by atoms with van der Waals surface area (Å²) in [5.41, 5.74) is -0.0579. The molecular weight excluding hydrogens is 349 g/mol. The average Bonchev–Trinajstić information content (AvgIpc) is 2.49. The zero-order chi connectivity index (χ0) is 17.0. The second-order valence-corrected chi connectivity index (χ2v) is 5.32. The van der Waals surface area contributed by atoms with Gasteiger partial charge < -0.3 is 15.4 Å². The fraction of sp³-hybridized carbons (Fsp3) is 0.133. The van der Waals surface area contributed by atoms with E-state index in [0.717, 1.165) is 6.07 Å². The number of thiocarbonyl (C=S) groups is 1. The minimum Gasteiger partial charge on any atom is -0.497 e. The predicted molar refractivity (Wildman–Crippen MR) is 89.3 cm³/mol. The van der Waals surface area contributed by atoms with Crippen LogP contribution in [0, 0.1) is 0 Å². The summed E-state index contributed by atoms with van der Waals surface area (Å²) < 4.78 is 43.5. The summed E-state index contributed by atoms with van der Waals surface area (Å²) in [4.78, 5) is 0. The number of benzene rings is 2. The van der Waals surface area contributed by atoms with Crippen molar-refractivity contribution >= 4 is 40.3 Å². The maximum atomic E-state index is 12.8. The van der Waals surface area contributed by atoms with Crippen molar-refractivity contribution in [1.82, 2.24) is 0 Å². The maximum Gasteiger partial charge on any atom is 0.417 e. The number of ether oxygens (including phenoxy) is 1. The van der Waals surface area contributed by atoms with Gasteiger partial charge in [-0.25, -0.2) is 0 Å². The SMILES string of the molecule is COc1ccc(NC(=S)Nc2ccc(Cl)c(C(F)(F)F)c2)cc1. The molecule has 0 saturated carbocycles. The summed E-state index contributed by atoms with van der Waals surface area (Å²) >= 11 is 10.6. The molecule has 0 aliphatic rings. The van der Waals surface area contributed by atoms with E-state index in [4.69, 9.17) is 28.6 Å². The first-order chi connectivity index (χ1) is 10.8. The Kier molecular flexibility index (Phi) is 5.33. The number of anilines is 2. The lowest BCUT2D eigenvalue weighted by Gasteiger charge is -2.14. The molecule has 2 aromatic carbocycles. The van der Waals surface area contributed by atoms with Gasteiger partial charge in [0.15, 0.2) is 5.11 Å². The summed E-state index contributed by atoms with van der Waals surface area (Å²) in [5.74, 6) is 0.682. The van der Waals surface area contributed by atoms with Gasteiger partial charge in [-0.1, -0.05) is 11.6 Å². The zero-order valence-corrected chi connectivity index (χ0v) is 13.4. The van der Waals surface area contributed by atoms with E-state index in [1.165, 1.54) is 12.1 Å². The highest BCUT2D eigenvalue weighted by Crippen LogP contribution is 2.36. The first-order valence-corrected chi connectivity index (χ1v) is 7.17. The van der Waals surface area contributed by atoms with Crippen molar-refractivity contribution in [2.24, 2.45) is 0 Å². The third-order valence-electron chi connectivity index (χ3n) is 2.88. The van der Waals surface area contributed by atoms with Gasteiger partial charge in [0.25, 0.3) is 0 Å². The smallest absolute Gasteiger partial charge is 0.417 e. The second-order valence-electron chi connectivity index (χ2n) is 4.50. The molecule has 0 radical (unpaired) electrons.